The van der Waals surface area contributed by atoms with Crippen LogP contribution in [0.1, 0.15) is 6.42 Å². The van der Waals surface area contributed by atoms with Gasteiger partial charge in [-0.25, -0.2) is 4.98 Å². The van der Waals surface area contributed by atoms with Crippen molar-refractivity contribution < 1.29 is 9.90 Å². The van der Waals surface area contributed by atoms with E-state index in [2.05, 4.69) is 4.98 Å². The molecule has 76 valence electrons. The van der Waals surface area contributed by atoms with Crippen LogP contribution in [0.25, 0.3) is 0 Å². The Bertz CT molecular complexity index is 281. The third kappa shape index (κ3) is 5.41. The summed E-state index contributed by atoms with van der Waals surface area (Å²) in [7, 11) is 4.64. The maximum Gasteiger partial charge on any atom is 0.304 e. The van der Waals surface area contributed by atoms with Gasteiger partial charge >= 0.3 is 5.97 Å². The Morgan fingerprint density at radius 3 is 3.00 bits per heavy atom. The number of carbonyl (C=O) groups is 1. The Morgan fingerprint density at radius 2 is 2.36 bits per heavy atom. The molecule has 1 rings (SSSR count). The largest absolute Gasteiger partial charge is 0.481 e. The average Bonchev–Trinajstić information content (AvgIpc) is 2.18. The summed E-state index contributed by atoms with van der Waals surface area (Å²) in [5.74, 6) is -0.124. The van der Waals surface area contributed by atoms with Gasteiger partial charge < -0.3 is 5.11 Å². The van der Waals surface area contributed by atoms with Gasteiger partial charge in [0.2, 0.25) is 0 Å². The Labute approximate surface area is 93.9 Å². The van der Waals surface area contributed by atoms with Gasteiger partial charge in [-0.05, 0) is 32.8 Å². The normalized spacial score (nSPS) is 10.0. The number of hydrogen-bond acceptors (Lipinski definition) is 5. The minimum Gasteiger partial charge on any atom is -0.481 e. The predicted octanol–water partition coefficient (Wildman–Crippen LogP) is 2.94. The fourth-order valence-electron chi connectivity index (χ4n) is 0.618. The molecule has 1 heterocycles. The number of aliphatic carboxylic acids is 1. The fourth-order valence-corrected chi connectivity index (χ4v) is 4.08. The van der Waals surface area contributed by atoms with Crippen LogP contribution in [-0.2, 0) is 4.79 Å². The third-order valence-electron chi connectivity index (χ3n) is 1.20. The van der Waals surface area contributed by atoms with E-state index in [1.165, 1.54) is 10.8 Å². The second-order valence-electron chi connectivity index (χ2n) is 2.29. The first kappa shape index (κ1) is 11.7. The lowest BCUT2D eigenvalue weighted by Gasteiger charge is -1.97. The van der Waals surface area contributed by atoms with Crippen LogP contribution in [0.2, 0.25) is 0 Å². The molecular weight excluding hydrogens is 238 g/mol. The van der Waals surface area contributed by atoms with Gasteiger partial charge in [-0.2, -0.15) is 0 Å². The number of nitrogens with zero attached hydrogens (tertiary/aromatic N) is 1. The highest BCUT2D eigenvalue weighted by Gasteiger charge is 1.98. The van der Waals surface area contributed by atoms with E-state index in [1.54, 1.807) is 26.8 Å². The van der Waals surface area contributed by atoms with Crippen LogP contribution in [0.15, 0.2) is 29.4 Å². The molecular formula is C8H9NO2S3. The summed E-state index contributed by atoms with van der Waals surface area (Å²) in [4.78, 5) is 14.3. The number of carboxylic acid groups (broad SMARTS) is 1. The van der Waals surface area contributed by atoms with Crippen molar-refractivity contribution >= 4 is 37.4 Å². The predicted molar refractivity (Wildman–Crippen MR) is 62.4 cm³/mol. The summed E-state index contributed by atoms with van der Waals surface area (Å²) in [6.07, 6.45) is 1.95. The highest BCUT2D eigenvalue weighted by Crippen LogP contribution is 2.39. The van der Waals surface area contributed by atoms with Gasteiger partial charge in [0.1, 0.15) is 5.03 Å². The molecule has 14 heavy (non-hydrogen) atoms. The van der Waals surface area contributed by atoms with Gasteiger partial charge in [-0.1, -0.05) is 16.9 Å². The van der Waals surface area contributed by atoms with Crippen molar-refractivity contribution in [1.82, 2.24) is 4.98 Å². The van der Waals surface area contributed by atoms with Gasteiger partial charge in [0.15, 0.2) is 0 Å². The summed E-state index contributed by atoms with van der Waals surface area (Å²) < 4.78 is 0. The molecule has 0 radical (unpaired) electrons. The summed E-state index contributed by atoms with van der Waals surface area (Å²) >= 11 is 0. The zero-order valence-corrected chi connectivity index (χ0v) is 9.70. The Kier molecular flexibility index (Phi) is 5.89. The Hall–Kier alpha value is -0.330. The minimum absolute atomic E-state index is 0.209. The standard InChI is InChI=1S/C8H9NO2S3/c10-8(11)4-6-12-14-13-7-3-1-2-5-9-7/h1-3,5H,4,6H2,(H,10,11). The second-order valence-corrected chi connectivity index (χ2v) is 6.49. The fraction of sp³-hybridized carbons (Fsp3) is 0.250. The molecule has 0 saturated carbocycles. The molecule has 0 amide bonds. The van der Waals surface area contributed by atoms with Crippen molar-refractivity contribution in [2.24, 2.45) is 0 Å². The molecule has 1 aromatic rings. The maximum atomic E-state index is 10.2. The second kappa shape index (κ2) is 7.03. The van der Waals surface area contributed by atoms with E-state index in [1.807, 2.05) is 18.2 Å². The van der Waals surface area contributed by atoms with Crippen LogP contribution in [0.3, 0.4) is 0 Å². The molecule has 3 nitrogen and oxygen atoms in total. The van der Waals surface area contributed by atoms with Gasteiger partial charge in [0.25, 0.3) is 0 Å². The van der Waals surface area contributed by atoms with Gasteiger partial charge in [-0.3, -0.25) is 4.79 Å². The van der Waals surface area contributed by atoms with Crippen LogP contribution in [0.4, 0.5) is 0 Å². The van der Waals surface area contributed by atoms with Crippen LogP contribution in [0, 0.1) is 0 Å². The molecule has 1 N–H and O–H groups in total. The SMILES string of the molecule is O=C(O)CCSSSc1ccccn1. The van der Waals surface area contributed by atoms with Gasteiger partial charge in [0.05, 0.1) is 6.42 Å². The quantitative estimate of drug-likeness (QED) is 0.616. The van der Waals surface area contributed by atoms with E-state index >= 15 is 0 Å². The lowest BCUT2D eigenvalue weighted by Crippen LogP contribution is -1.94. The molecule has 0 aliphatic heterocycles. The van der Waals surface area contributed by atoms with E-state index < -0.39 is 5.97 Å². The molecule has 6 heteroatoms. The van der Waals surface area contributed by atoms with Crippen molar-refractivity contribution in [3.63, 3.8) is 0 Å². The summed E-state index contributed by atoms with van der Waals surface area (Å²) in [5.41, 5.74) is 0. The first-order chi connectivity index (χ1) is 6.79. The van der Waals surface area contributed by atoms with E-state index in [9.17, 15) is 4.79 Å². The molecule has 0 atom stereocenters. The average molecular weight is 247 g/mol. The topological polar surface area (TPSA) is 50.2 Å². The molecule has 0 saturated heterocycles. The van der Waals surface area contributed by atoms with Crippen LogP contribution in [0.5, 0.6) is 0 Å². The lowest BCUT2D eigenvalue weighted by molar-refractivity contribution is -0.136. The van der Waals surface area contributed by atoms with Crippen LogP contribution < -0.4 is 0 Å². The summed E-state index contributed by atoms with van der Waals surface area (Å²) in [5, 5.41) is 9.33. The molecule has 0 aliphatic rings. The monoisotopic (exact) mass is 247 g/mol. The highest BCUT2D eigenvalue weighted by molar-refractivity contribution is 9.09. The first-order valence-electron chi connectivity index (χ1n) is 3.88. The van der Waals surface area contributed by atoms with Gasteiger partial charge in [-0.15, -0.1) is 0 Å². The maximum absolute atomic E-state index is 10.2. The molecule has 0 bridgehead atoms. The third-order valence-corrected chi connectivity index (χ3v) is 5.14. The van der Waals surface area contributed by atoms with E-state index in [0.29, 0.717) is 5.75 Å². The number of carboxylic acids is 1. The number of hydrogen-bond donors (Lipinski definition) is 1. The Morgan fingerprint density at radius 1 is 1.50 bits per heavy atom. The van der Waals surface area contributed by atoms with Crippen molar-refractivity contribution in [3.8, 4) is 0 Å². The van der Waals surface area contributed by atoms with Gasteiger partial charge in [0, 0.05) is 11.9 Å². The van der Waals surface area contributed by atoms with Crippen LogP contribution in [-0.4, -0.2) is 21.8 Å². The smallest absolute Gasteiger partial charge is 0.304 e. The van der Waals surface area contributed by atoms with Crippen molar-refractivity contribution in [2.45, 2.75) is 11.4 Å². The van der Waals surface area contributed by atoms with E-state index in [-0.39, 0.29) is 6.42 Å². The lowest BCUT2D eigenvalue weighted by atomic mass is 10.5. The van der Waals surface area contributed by atoms with E-state index in [4.69, 9.17) is 5.11 Å². The molecule has 0 aliphatic carbocycles. The number of rotatable bonds is 6. The van der Waals surface area contributed by atoms with Crippen molar-refractivity contribution in [2.75, 3.05) is 5.75 Å². The van der Waals surface area contributed by atoms with E-state index in [0.717, 1.165) is 5.03 Å². The zero-order valence-electron chi connectivity index (χ0n) is 7.25. The summed E-state index contributed by atoms with van der Waals surface area (Å²) in [6, 6.07) is 5.72. The highest BCUT2D eigenvalue weighted by atomic mass is 33.5. The van der Waals surface area contributed by atoms with Crippen molar-refractivity contribution in [3.05, 3.63) is 24.4 Å². The number of aromatic nitrogens is 1. The Balaban J connectivity index is 2.08. The molecule has 0 spiro atoms. The molecule has 0 unspecified atom stereocenters. The molecule has 0 aromatic carbocycles. The van der Waals surface area contributed by atoms with Crippen molar-refractivity contribution in [1.29, 1.82) is 0 Å². The number of pyridine rings is 1. The molecule has 0 fully saturated rings. The first-order valence-corrected chi connectivity index (χ1v) is 7.53. The van der Waals surface area contributed by atoms with Crippen LogP contribution >= 0.6 is 31.4 Å². The molecule has 1 aromatic heterocycles. The zero-order chi connectivity index (χ0) is 10.2. The minimum atomic E-state index is -0.749. The summed E-state index contributed by atoms with van der Waals surface area (Å²) in [6.45, 7) is 0.